The lowest BCUT2D eigenvalue weighted by Crippen LogP contribution is -2.30. The molecule has 0 aliphatic rings. The van der Waals surface area contributed by atoms with E-state index in [-0.39, 0.29) is 10.3 Å². The highest BCUT2D eigenvalue weighted by Crippen LogP contribution is 2.20. The van der Waals surface area contributed by atoms with Crippen LogP contribution in [-0.2, 0) is 10.0 Å². The van der Waals surface area contributed by atoms with Gasteiger partial charge >= 0.3 is 0 Å². The maximum absolute atomic E-state index is 12.7. The maximum Gasteiger partial charge on any atom is 0.244 e. The van der Waals surface area contributed by atoms with Crippen LogP contribution in [0.3, 0.4) is 0 Å². The Morgan fingerprint density at radius 3 is 2.42 bits per heavy atom. The van der Waals surface area contributed by atoms with Gasteiger partial charge in [0.2, 0.25) is 16.0 Å². The van der Waals surface area contributed by atoms with Gasteiger partial charge in [0.15, 0.2) is 5.65 Å². The van der Waals surface area contributed by atoms with E-state index in [1.165, 1.54) is 4.31 Å². The number of pyridine rings is 1. The molecule has 2 aromatic rings. The third-order valence-corrected chi connectivity index (χ3v) is 5.91. The zero-order valence-electron chi connectivity index (χ0n) is 15.1. The summed E-state index contributed by atoms with van der Waals surface area (Å²) in [6.45, 7) is 11.8. The Morgan fingerprint density at radius 2 is 1.83 bits per heavy atom. The third kappa shape index (κ3) is 4.05. The zero-order chi connectivity index (χ0) is 18.0. The Labute approximate surface area is 144 Å². The van der Waals surface area contributed by atoms with Gasteiger partial charge in [-0.1, -0.05) is 34.6 Å². The normalized spacial score (nSPS) is 12.9. The summed E-state index contributed by atoms with van der Waals surface area (Å²) in [5.41, 5.74) is 0.830. The first-order valence-corrected chi connectivity index (χ1v) is 9.72. The molecule has 2 heterocycles. The molecule has 0 amide bonds. The van der Waals surface area contributed by atoms with Crippen LogP contribution in [-0.4, -0.2) is 47.0 Å². The number of anilines is 1. The Bertz CT molecular complexity index is 788. The highest BCUT2D eigenvalue weighted by molar-refractivity contribution is 7.89. The lowest BCUT2D eigenvalue weighted by atomic mass is 9.92. The summed E-state index contributed by atoms with van der Waals surface area (Å²) in [6, 6.07) is 3.26. The summed E-state index contributed by atoms with van der Waals surface area (Å²) in [5, 5.41) is 11.4. The van der Waals surface area contributed by atoms with Crippen LogP contribution in [0.5, 0.6) is 0 Å². The largest absolute Gasteiger partial charge is 0.354 e. The molecule has 0 fully saturated rings. The first-order valence-electron chi connectivity index (χ1n) is 8.28. The number of nitrogens with zero attached hydrogens (tertiary/aromatic N) is 4. The summed E-state index contributed by atoms with van der Waals surface area (Å²) in [6.07, 6.45) is 2.56. The second-order valence-electron chi connectivity index (χ2n) is 6.94. The van der Waals surface area contributed by atoms with Crippen LogP contribution in [0, 0.1) is 5.41 Å². The van der Waals surface area contributed by atoms with Crippen molar-refractivity contribution < 1.29 is 8.42 Å². The number of fused-ring (bicyclic) bond motifs is 1. The molecule has 0 spiro atoms. The van der Waals surface area contributed by atoms with Crippen LogP contribution in [0.15, 0.2) is 23.2 Å². The van der Waals surface area contributed by atoms with Crippen LogP contribution in [0.1, 0.15) is 41.0 Å². The van der Waals surface area contributed by atoms with Crippen LogP contribution in [0.25, 0.3) is 5.65 Å². The summed E-state index contributed by atoms with van der Waals surface area (Å²) >= 11 is 0. The average Bonchev–Trinajstić information content (AvgIpc) is 2.89. The number of hydrogen-bond acceptors (Lipinski definition) is 5. The van der Waals surface area contributed by atoms with E-state index in [2.05, 4.69) is 36.3 Å². The van der Waals surface area contributed by atoms with Gasteiger partial charge < -0.3 is 5.32 Å². The van der Waals surface area contributed by atoms with E-state index in [0.29, 0.717) is 24.7 Å². The first kappa shape index (κ1) is 18.7. The SMILES string of the molecule is CCN(CC)S(=O)(=O)c1ccc2nnc(NCCC(C)(C)C)n2c1. The van der Waals surface area contributed by atoms with Gasteiger partial charge in [0, 0.05) is 25.8 Å². The van der Waals surface area contributed by atoms with E-state index in [4.69, 9.17) is 0 Å². The van der Waals surface area contributed by atoms with Gasteiger partial charge in [-0.25, -0.2) is 8.42 Å². The van der Waals surface area contributed by atoms with Crippen LogP contribution < -0.4 is 5.32 Å². The molecule has 2 aromatic heterocycles. The molecule has 0 bridgehead atoms. The van der Waals surface area contributed by atoms with Crippen molar-refractivity contribution in [3.63, 3.8) is 0 Å². The van der Waals surface area contributed by atoms with Gasteiger partial charge in [0.05, 0.1) is 4.90 Å². The second-order valence-corrected chi connectivity index (χ2v) is 8.88. The lowest BCUT2D eigenvalue weighted by Gasteiger charge is -2.19. The number of nitrogens with one attached hydrogen (secondary N) is 1. The minimum atomic E-state index is -3.50. The molecule has 0 aliphatic carbocycles. The molecule has 2 rings (SSSR count). The third-order valence-electron chi connectivity index (χ3n) is 3.88. The van der Waals surface area contributed by atoms with Crippen LogP contribution >= 0.6 is 0 Å². The molecular formula is C16H27N5O2S. The Hall–Kier alpha value is -1.67. The van der Waals surface area contributed by atoms with Crippen molar-refractivity contribution in [3.8, 4) is 0 Å². The zero-order valence-corrected chi connectivity index (χ0v) is 15.9. The van der Waals surface area contributed by atoms with Crippen LogP contribution in [0.4, 0.5) is 5.95 Å². The lowest BCUT2D eigenvalue weighted by molar-refractivity contribution is 0.389. The topological polar surface area (TPSA) is 79.6 Å². The molecule has 24 heavy (non-hydrogen) atoms. The second kappa shape index (κ2) is 7.06. The van der Waals surface area contributed by atoms with E-state index >= 15 is 0 Å². The van der Waals surface area contributed by atoms with Crippen molar-refractivity contribution >= 4 is 21.6 Å². The number of rotatable bonds is 7. The Kier molecular flexibility index (Phi) is 5.49. The molecule has 0 saturated heterocycles. The summed E-state index contributed by atoms with van der Waals surface area (Å²) in [7, 11) is -3.50. The van der Waals surface area contributed by atoms with Gasteiger partial charge in [0.25, 0.3) is 0 Å². The quantitative estimate of drug-likeness (QED) is 0.828. The van der Waals surface area contributed by atoms with E-state index in [0.717, 1.165) is 13.0 Å². The fourth-order valence-electron chi connectivity index (χ4n) is 2.41. The average molecular weight is 353 g/mol. The molecule has 0 aliphatic heterocycles. The molecule has 8 heteroatoms. The smallest absolute Gasteiger partial charge is 0.244 e. The minimum Gasteiger partial charge on any atom is -0.354 e. The van der Waals surface area contributed by atoms with E-state index in [1.807, 2.05) is 13.8 Å². The van der Waals surface area contributed by atoms with Gasteiger partial charge in [0.1, 0.15) is 0 Å². The molecule has 0 unspecified atom stereocenters. The fraction of sp³-hybridized carbons (Fsp3) is 0.625. The summed E-state index contributed by atoms with van der Waals surface area (Å²) < 4.78 is 28.5. The van der Waals surface area contributed by atoms with E-state index < -0.39 is 10.0 Å². The van der Waals surface area contributed by atoms with Gasteiger partial charge in [-0.05, 0) is 24.0 Å². The molecule has 0 radical (unpaired) electrons. The van der Waals surface area contributed by atoms with Crippen molar-refractivity contribution in [2.45, 2.75) is 45.9 Å². The van der Waals surface area contributed by atoms with Crippen molar-refractivity contribution in [3.05, 3.63) is 18.3 Å². The van der Waals surface area contributed by atoms with E-state index in [1.54, 1.807) is 22.7 Å². The van der Waals surface area contributed by atoms with Crippen molar-refractivity contribution in [2.24, 2.45) is 5.41 Å². The Balaban J connectivity index is 2.31. The maximum atomic E-state index is 12.7. The fourth-order valence-corrected chi connectivity index (χ4v) is 3.86. The molecule has 7 nitrogen and oxygen atoms in total. The highest BCUT2D eigenvalue weighted by atomic mass is 32.2. The number of sulfonamides is 1. The molecule has 0 saturated carbocycles. The monoisotopic (exact) mass is 353 g/mol. The molecular weight excluding hydrogens is 326 g/mol. The Morgan fingerprint density at radius 1 is 1.17 bits per heavy atom. The predicted octanol–water partition coefficient (Wildman–Crippen LogP) is 2.61. The molecule has 134 valence electrons. The molecule has 0 aromatic carbocycles. The molecule has 0 atom stereocenters. The summed E-state index contributed by atoms with van der Waals surface area (Å²) in [5.74, 6) is 0.561. The molecule has 1 N–H and O–H groups in total. The van der Waals surface area contributed by atoms with Crippen molar-refractivity contribution in [2.75, 3.05) is 25.0 Å². The number of hydrogen-bond donors (Lipinski definition) is 1. The van der Waals surface area contributed by atoms with Gasteiger partial charge in [-0.15, -0.1) is 10.2 Å². The first-order chi connectivity index (χ1) is 11.2. The number of aromatic nitrogens is 3. The summed E-state index contributed by atoms with van der Waals surface area (Å²) in [4.78, 5) is 0.248. The van der Waals surface area contributed by atoms with Crippen LogP contribution in [0.2, 0.25) is 0 Å². The van der Waals surface area contributed by atoms with E-state index in [9.17, 15) is 8.42 Å². The van der Waals surface area contributed by atoms with Crippen molar-refractivity contribution in [1.29, 1.82) is 0 Å². The minimum absolute atomic E-state index is 0.213. The van der Waals surface area contributed by atoms with Gasteiger partial charge in [-0.3, -0.25) is 4.40 Å². The standard InChI is InChI=1S/C16H27N5O2S/c1-6-20(7-2)24(22,23)13-8-9-14-18-19-15(21(14)12-13)17-11-10-16(3,4)5/h8-9,12H,6-7,10-11H2,1-5H3,(H,17,19). The highest BCUT2D eigenvalue weighted by Gasteiger charge is 2.22. The van der Waals surface area contributed by atoms with Gasteiger partial charge in [-0.2, -0.15) is 4.31 Å². The predicted molar refractivity (Wildman–Crippen MR) is 95.7 cm³/mol. The van der Waals surface area contributed by atoms with Crippen molar-refractivity contribution in [1.82, 2.24) is 18.9 Å².